The zero-order valence-electron chi connectivity index (χ0n) is 11.4. The molecule has 0 amide bonds. The van der Waals surface area contributed by atoms with E-state index in [4.69, 9.17) is 0 Å². The maximum absolute atomic E-state index is 2.23. The van der Waals surface area contributed by atoms with E-state index in [9.17, 15) is 0 Å². The van der Waals surface area contributed by atoms with E-state index < -0.39 is 0 Å². The van der Waals surface area contributed by atoms with E-state index in [0.717, 1.165) is 0 Å². The summed E-state index contributed by atoms with van der Waals surface area (Å²) in [6.07, 6.45) is 0. The molecule has 0 heterocycles. The van der Waals surface area contributed by atoms with Crippen LogP contribution in [0, 0.1) is 27.7 Å². The second-order valence-corrected chi connectivity index (χ2v) is 4.87. The summed E-state index contributed by atoms with van der Waals surface area (Å²) in [5, 5.41) is 0. The lowest BCUT2D eigenvalue weighted by molar-refractivity contribution is 1.27. The van der Waals surface area contributed by atoms with Crippen LogP contribution < -0.4 is 5.46 Å². The molecule has 86 valence electrons. The van der Waals surface area contributed by atoms with Gasteiger partial charge in [-0.2, -0.15) is 0 Å². The third kappa shape index (κ3) is 1.91. The van der Waals surface area contributed by atoms with E-state index >= 15 is 0 Å². The largest absolute Gasteiger partial charge is 0.140 e. The van der Waals surface area contributed by atoms with Gasteiger partial charge >= 0.3 is 0 Å². The monoisotopic (exact) mass is 222 g/mol. The Labute approximate surface area is 105 Å². The zero-order chi connectivity index (χ0) is 12.6. The average molecular weight is 222 g/mol. The molecule has 0 aliphatic carbocycles. The predicted molar refractivity (Wildman–Crippen MR) is 79.0 cm³/mol. The fraction of sp³-hybridized carbons (Fsp3) is 0.250. The summed E-state index contributed by atoms with van der Waals surface area (Å²) in [5.41, 5.74) is 9.84. The molecular weight excluding hydrogens is 203 g/mol. The number of benzene rings is 2. The van der Waals surface area contributed by atoms with Crippen LogP contribution in [0.2, 0.25) is 0 Å². The molecule has 0 saturated carbocycles. The number of hydrogen-bond donors (Lipinski definition) is 0. The van der Waals surface area contributed by atoms with Crippen molar-refractivity contribution in [1.82, 2.24) is 0 Å². The molecule has 2 rings (SSSR count). The van der Waals surface area contributed by atoms with Gasteiger partial charge in [-0.05, 0) is 49.9 Å². The fourth-order valence-electron chi connectivity index (χ4n) is 2.54. The van der Waals surface area contributed by atoms with E-state index in [2.05, 4.69) is 65.9 Å². The van der Waals surface area contributed by atoms with Crippen molar-refractivity contribution < 1.29 is 0 Å². The standard InChI is InChI=1S/C16H19B/c1-10-12(3)16(17)13(4)11(2)15(10)14-8-6-5-7-9-14/h5-9H,17H2,1-4H3. The van der Waals surface area contributed by atoms with Gasteiger partial charge in [0.05, 0.1) is 0 Å². The molecule has 2 aromatic carbocycles. The Bertz CT molecular complexity index is 524. The van der Waals surface area contributed by atoms with E-state index in [-0.39, 0.29) is 0 Å². The smallest absolute Gasteiger partial charge is 0.0827 e. The van der Waals surface area contributed by atoms with Crippen molar-refractivity contribution in [3.8, 4) is 11.1 Å². The highest BCUT2D eigenvalue weighted by atomic mass is 14.2. The molecule has 1 heteroatoms. The van der Waals surface area contributed by atoms with Gasteiger partial charge < -0.3 is 0 Å². The van der Waals surface area contributed by atoms with Gasteiger partial charge in [0.2, 0.25) is 0 Å². The van der Waals surface area contributed by atoms with Crippen LogP contribution in [0.5, 0.6) is 0 Å². The summed E-state index contributed by atoms with van der Waals surface area (Å²) in [6, 6.07) is 10.7. The maximum atomic E-state index is 2.23. The Balaban J connectivity index is 2.80. The van der Waals surface area contributed by atoms with E-state index in [1.54, 1.807) is 0 Å². The molecule has 0 aliphatic rings. The third-order valence-electron chi connectivity index (χ3n) is 4.06. The second kappa shape index (κ2) is 4.41. The van der Waals surface area contributed by atoms with Crippen molar-refractivity contribution in [3.05, 3.63) is 52.6 Å². The minimum atomic E-state index is 1.33. The Hall–Kier alpha value is -1.50. The van der Waals surface area contributed by atoms with Crippen molar-refractivity contribution in [2.24, 2.45) is 0 Å². The highest BCUT2D eigenvalue weighted by Crippen LogP contribution is 2.29. The van der Waals surface area contributed by atoms with E-state index in [1.165, 1.54) is 38.8 Å². The van der Waals surface area contributed by atoms with Gasteiger partial charge in [-0.15, -0.1) is 0 Å². The molecule has 2 aromatic rings. The summed E-state index contributed by atoms with van der Waals surface area (Å²) in [4.78, 5) is 0. The topological polar surface area (TPSA) is 0 Å². The van der Waals surface area contributed by atoms with Crippen LogP contribution in [-0.4, -0.2) is 7.85 Å². The summed E-state index contributed by atoms with van der Waals surface area (Å²) in [7, 11) is 2.22. The third-order valence-corrected chi connectivity index (χ3v) is 4.06. The fourth-order valence-corrected chi connectivity index (χ4v) is 2.54. The molecule has 0 saturated heterocycles. The lowest BCUT2D eigenvalue weighted by atomic mass is 9.78. The van der Waals surface area contributed by atoms with Crippen molar-refractivity contribution in [2.75, 3.05) is 0 Å². The van der Waals surface area contributed by atoms with Crippen molar-refractivity contribution in [1.29, 1.82) is 0 Å². The zero-order valence-corrected chi connectivity index (χ0v) is 11.4. The Kier molecular flexibility index (Phi) is 3.10. The molecule has 0 nitrogen and oxygen atoms in total. The van der Waals surface area contributed by atoms with Gasteiger partial charge in [-0.25, -0.2) is 0 Å². The molecule has 0 bridgehead atoms. The van der Waals surface area contributed by atoms with Gasteiger partial charge in [-0.1, -0.05) is 46.9 Å². The summed E-state index contributed by atoms with van der Waals surface area (Å²) < 4.78 is 0. The van der Waals surface area contributed by atoms with Gasteiger partial charge in [0.25, 0.3) is 0 Å². The molecule has 17 heavy (non-hydrogen) atoms. The molecule has 0 aromatic heterocycles. The van der Waals surface area contributed by atoms with Crippen LogP contribution in [-0.2, 0) is 0 Å². The quantitative estimate of drug-likeness (QED) is 0.651. The van der Waals surface area contributed by atoms with Gasteiger partial charge in [0.15, 0.2) is 0 Å². The van der Waals surface area contributed by atoms with E-state index in [1.807, 2.05) is 0 Å². The van der Waals surface area contributed by atoms with Gasteiger partial charge in [0, 0.05) is 0 Å². The minimum absolute atomic E-state index is 1.33. The first-order valence-corrected chi connectivity index (χ1v) is 6.16. The first-order valence-electron chi connectivity index (χ1n) is 6.16. The Morgan fingerprint density at radius 3 is 1.65 bits per heavy atom. The SMILES string of the molecule is Bc1c(C)c(C)c(-c2ccccc2)c(C)c1C. The van der Waals surface area contributed by atoms with Crippen LogP contribution in [0.25, 0.3) is 11.1 Å². The van der Waals surface area contributed by atoms with Crippen molar-refractivity contribution in [2.45, 2.75) is 27.7 Å². The number of hydrogen-bond acceptors (Lipinski definition) is 0. The molecule has 0 radical (unpaired) electrons. The highest BCUT2D eigenvalue weighted by molar-refractivity contribution is 6.34. The van der Waals surface area contributed by atoms with Crippen LogP contribution in [0.1, 0.15) is 22.3 Å². The number of rotatable bonds is 1. The molecule has 0 unspecified atom stereocenters. The second-order valence-electron chi connectivity index (χ2n) is 4.87. The molecule has 0 N–H and O–H groups in total. The lowest BCUT2D eigenvalue weighted by Gasteiger charge is -2.19. The molecular formula is C16H19B. The summed E-state index contributed by atoms with van der Waals surface area (Å²) in [5.74, 6) is 0. The maximum Gasteiger partial charge on any atom is 0.140 e. The first-order chi connectivity index (χ1) is 8.04. The van der Waals surface area contributed by atoms with Crippen LogP contribution in [0.3, 0.4) is 0 Å². The molecule has 0 aliphatic heterocycles. The van der Waals surface area contributed by atoms with Gasteiger partial charge in [0.1, 0.15) is 7.85 Å². The van der Waals surface area contributed by atoms with Crippen LogP contribution in [0.4, 0.5) is 0 Å². The predicted octanol–water partition coefficient (Wildman–Crippen LogP) is 2.85. The Morgan fingerprint density at radius 1 is 0.706 bits per heavy atom. The lowest BCUT2D eigenvalue weighted by Crippen LogP contribution is -2.16. The Morgan fingerprint density at radius 2 is 1.18 bits per heavy atom. The first kappa shape index (κ1) is 12.0. The van der Waals surface area contributed by atoms with Crippen molar-refractivity contribution >= 4 is 13.3 Å². The normalized spacial score (nSPS) is 10.6. The molecule has 0 atom stereocenters. The molecule has 0 spiro atoms. The van der Waals surface area contributed by atoms with Gasteiger partial charge in [-0.3, -0.25) is 0 Å². The van der Waals surface area contributed by atoms with Crippen LogP contribution in [0.15, 0.2) is 30.3 Å². The van der Waals surface area contributed by atoms with E-state index in [0.29, 0.717) is 0 Å². The highest BCUT2D eigenvalue weighted by Gasteiger charge is 2.12. The summed E-state index contributed by atoms with van der Waals surface area (Å²) >= 11 is 0. The molecule has 0 fully saturated rings. The van der Waals surface area contributed by atoms with Crippen LogP contribution >= 0.6 is 0 Å². The van der Waals surface area contributed by atoms with Crippen molar-refractivity contribution in [3.63, 3.8) is 0 Å². The summed E-state index contributed by atoms with van der Waals surface area (Å²) in [6.45, 7) is 8.92. The minimum Gasteiger partial charge on any atom is -0.0827 e. The average Bonchev–Trinajstić information content (AvgIpc) is 2.36.